The van der Waals surface area contributed by atoms with Gasteiger partial charge in [-0.15, -0.1) is 12.4 Å². The minimum Gasteiger partial charge on any atom is -0.315 e. The highest BCUT2D eigenvalue weighted by Gasteiger charge is 2.35. The molecule has 0 aliphatic carbocycles. The Morgan fingerprint density at radius 1 is 1.35 bits per heavy atom. The Bertz CT molecular complexity index is 760. The molecule has 2 N–H and O–H groups in total. The zero-order valence-corrected chi connectivity index (χ0v) is 16.9. The van der Waals surface area contributed by atoms with E-state index in [0.29, 0.717) is 6.54 Å². The maximum absolute atomic E-state index is 12.8. The van der Waals surface area contributed by atoms with Crippen molar-refractivity contribution in [2.45, 2.75) is 33.1 Å². The van der Waals surface area contributed by atoms with Crippen LogP contribution in [0, 0.1) is 11.3 Å². The predicted molar refractivity (Wildman–Crippen MR) is 105 cm³/mol. The third-order valence-electron chi connectivity index (χ3n) is 4.60. The quantitative estimate of drug-likeness (QED) is 0.851. The first-order chi connectivity index (χ1) is 11.7. The molecule has 7 nitrogen and oxygen atoms in total. The van der Waals surface area contributed by atoms with Crippen LogP contribution >= 0.6 is 12.4 Å². The van der Waals surface area contributed by atoms with E-state index < -0.39 is 0 Å². The van der Waals surface area contributed by atoms with Crippen LogP contribution < -0.4 is 10.6 Å². The molecule has 1 amide bonds. The maximum Gasteiger partial charge on any atom is 0.230 e. The number of nitrogens with one attached hydrogen (secondary N) is 2. The maximum atomic E-state index is 12.8. The molecule has 1 aliphatic heterocycles. The number of aryl methyl sites for hydroxylation is 2. The van der Waals surface area contributed by atoms with E-state index in [1.807, 2.05) is 32.6 Å². The van der Waals surface area contributed by atoms with Gasteiger partial charge in [-0.3, -0.25) is 14.2 Å². The molecule has 2 aromatic heterocycles. The number of anilines is 1. The summed E-state index contributed by atoms with van der Waals surface area (Å²) in [6, 6.07) is 1.98. The number of hydrogen-bond donors (Lipinski definition) is 2. The summed E-state index contributed by atoms with van der Waals surface area (Å²) >= 11 is 0. The van der Waals surface area contributed by atoms with E-state index in [1.165, 1.54) is 0 Å². The summed E-state index contributed by atoms with van der Waals surface area (Å²) in [7, 11) is 3.76. The van der Waals surface area contributed by atoms with E-state index in [9.17, 15) is 4.79 Å². The van der Waals surface area contributed by atoms with Crippen LogP contribution in [-0.2, 0) is 25.3 Å². The minimum atomic E-state index is -0.106. The average molecular weight is 381 g/mol. The van der Waals surface area contributed by atoms with Gasteiger partial charge in [-0.05, 0) is 17.4 Å². The van der Waals surface area contributed by atoms with Gasteiger partial charge in [-0.1, -0.05) is 20.8 Å². The fraction of sp³-hybridized carbons (Fsp3) is 0.611. The van der Waals surface area contributed by atoms with E-state index in [-0.39, 0.29) is 35.6 Å². The van der Waals surface area contributed by atoms with E-state index in [4.69, 9.17) is 0 Å². The smallest absolute Gasteiger partial charge is 0.230 e. The molecular formula is C18H29ClN6O. The lowest BCUT2D eigenvalue weighted by atomic mass is 9.90. The van der Waals surface area contributed by atoms with Crippen LogP contribution in [0.25, 0.3) is 0 Å². The number of carbonyl (C=O) groups is 1. The van der Waals surface area contributed by atoms with Crippen molar-refractivity contribution in [2.24, 2.45) is 25.4 Å². The molecule has 0 spiro atoms. The van der Waals surface area contributed by atoms with Crippen molar-refractivity contribution < 1.29 is 4.79 Å². The number of aromatic nitrogens is 4. The monoisotopic (exact) mass is 380 g/mol. The molecule has 3 rings (SSSR count). The summed E-state index contributed by atoms with van der Waals surface area (Å²) < 4.78 is 3.53. The molecule has 1 aliphatic rings. The second-order valence-corrected chi connectivity index (χ2v) is 8.19. The number of halogens is 1. The molecule has 2 atom stereocenters. The van der Waals surface area contributed by atoms with Crippen molar-refractivity contribution >= 4 is 24.1 Å². The highest BCUT2D eigenvalue weighted by molar-refractivity contribution is 5.93. The first-order valence-electron chi connectivity index (χ1n) is 8.76. The Balaban J connectivity index is 0.00000243. The molecule has 3 heterocycles. The zero-order valence-electron chi connectivity index (χ0n) is 16.1. The van der Waals surface area contributed by atoms with E-state index in [2.05, 4.69) is 41.6 Å². The summed E-state index contributed by atoms with van der Waals surface area (Å²) in [5.74, 6) is 0.825. The highest BCUT2D eigenvalue weighted by Crippen LogP contribution is 2.29. The Kier molecular flexibility index (Phi) is 6.13. The summed E-state index contributed by atoms with van der Waals surface area (Å²) in [4.78, 5) is 12.8. The van der Waals surface area contributed by atoms with Gasteiger partial charge in [-0.25, -0.2) is 0 Å². The van der Waals surface area contributed by atoms with Crippen LogP contribution in [0.2, 0.25) is 0 Å². The van der Waals surface area contributed by atoms with Gasteiger partial charge in [0.25, 0.3) is 0 Å². The Morgan fingerprint density at radius 3 is 2.69 bits per heavy atom. The van der Waals surface area contributed by atoms with Crippen molar-refractivity contribution in [3.8, 4) is 0 Å². The molecule has 26 heavy (non-hydrogen) atoms. The van der Waals surface area contributed by atoms with Crippen molar-refractivity contribution in [2.75, 3.05) is 18.4 Å². The molecule has 1 saturated heterocycles. The largest absolute Gasteiger partial charge is 0.315 e. The standard InChI is InChI=1S/C18H28N6O.ClH/c1-18(2,3)7-13-6-16(24(5)22-13)21-17(25)15-10-19-9-14(15)12-8-20-23(4)11-12;/h6,8,11,14-15,19H,7,9-10H2,1-5H3,(H,21,25);1H/t14-,15+;/m1./s1. The van der Waals surface area contributed by atoms with Gasteiger partial charge in [0.2, 0.25) is 5.91 Å². The first-order valence-corrected chi connectivity index (χ1v) is 8.76. The van der Waals surface area contributed by atoms with Crippen LogP contribution in [0.1, 0.15) is 37.9 Å². The third-order valence-corrected chi connectivity index (χ3v) is 4.60. The number of hydrogen-bond acceptors (Lipinski definition) is 4. The predicted octanol–water partition coefficient (Wildman–Crippen LogP) is 2.11. The highest BCUT2D eigenvalue weighted by atomic mass is 35.5. The Labute approximate surface area is 160 Å². The van der Waals surface area contributed by atoms with Gasteiger partial charge in [-0.2, -0.15) is 10.2 Å². The fourth-order valence-electron chi connectivity index (χ4n) is 3.43. The fourth-order valence-corrected chi connectivity index (χ4v) is 3.43. The molecular weight excluding hydrogens is 352 g/mol. The lowest BCUT2D eigenvalue weighted by Crippen LogP contribution is -2.28. The van der Waals surface area contributed by atoms with Crippen molar-refractivity contribution in [1.29, 1.82) is 0 Å². The van der Waals surface area contributed by atoms with Crippen molar-refractivity contribution in [3.05, 3.63) is 29.7 Å². The number of nitrogens with zero attached hydrogens (tertiary/aromatic N) is 4. The second kappa shape index (κ2) is 7.80. The lowest BCUT2D eigenvalue weighted by molar-refractivity contribution is -0.119. The van der Waals surface area contributed by atoms with Gasteiger partial charge >= 0.3 is 0 Å². The SMILES string of the molecule is Cl.Cn1cc([C@H]2CNC[C@@H]2C(=O)Nc2cc(CC(C)(C)C)nn2C)cn1. The summed E-state index contributed by atoms with van der Waals surface area (Å²) in [6.45, 7) is 8.02. The van der Waals surface area contributed by atoms with Crippen molar-refractivity contribution in [3.63, 3.8) is 0 Å². The number of rotatable bonds is 4. The second-order valence-electron chi connectivity index (χ2n) is 8.19. The third kappa shape index (κ3) is 4.65. The zero-order chi connectivity index (χ0) is 18.2. The first kappa shape index (κ1) is 20.5. The van der Waals surface area contributed by atoms with Gasteiger partial charge in [0, 0.05) is 45.4 Å². The van der Waals surface area contributed by atoms with Crippen LogP contribution in [0.5, 0.6) is 0 Å². The van der Waals surface area contributed by atoms with E-state index >= 15 is 0 Å². The van der Waals surface area contributed by atoms with Crippen molar-refractivity contribution in [1.82, 2.24) is 24.9 Å². The lowest BCUT2D eigenvalue weighted by Gasteiger charge is -2.17. The molecule has 0 aromatic carbocycles. The van der Waals surface area contributed by atoms with Crippen LogP contribution in [0.15, 0.2) is 18.5 Å². The van der Waals surface area contributed by atoms with Gasteiger partial charge < -0.3 is 10.6 Å². The Hall–Kier alpha value is -1.86. The Morgan fingerprint density at radius 2 is 2.08 bits per heavy atom. The molecule has 144 valence electrons. The van der Waals surface area contributed by atoms with E-state index in [0.717, 1.165) is 30.0 Å². The molecule has 0 unspecified atom stereocenters. The van der Waals surface area contributed by atoms with Crippen LogP contribution in [0.3, 0.4) is 0 Å². The van der Waals surface area contributed by atoms with Crippen LogP contribution in [0.4, 0.5) is 5.82 Å². The summed E-state index contributed by atoms with van der Waals surface area (Å²) in [6.07, 6.45) is 4.72. The summed E-state index contributed by atoms with van der Waals surface area (Å²) in [5, 5.41) is 15.1. The molecule has 0 bridgehead atoms. The average Bonchev–Trinajstić information content (AvgIpc) is 3.18. The number of amides is 1. The minimum absolute atomic E-state index is 0. The molecule has 8 heteroatoms. The summed E-state index contributed by atoms with van der Waals surface area (Å²) in [5.41, 5.74) is 2.26. The normalized spacial score (nSPS) is 20.0. The molecule has 1 fully saturated rings. The topological polar surface area (TPSA) is 76.8 Å². The molecule has 0 radical (unpaired) electrons. The van der Waals surface area contributed by atoms with Gasteiger partial charge in [0.15, 0.2) is 0 Å². The molecule has 2 aromatic rings. The van der Waals surface area contributed by atoms with Gasteiger partial charge in [0.05, 0.1) is 17.8 Å². The van der Waals surface area contributed by atoms with Crippen LogP contribution in [-0.4, -0.2) is 38.6 Å². The number of carbonyl (C=O) groups excluding carboxylic acids is 1. The molecule has 0 saturated carbocycles. The van der Waals surface area contributed by atoms with Gasteiger partial charge in [0.1, 0.15) is 5.82 Å². The van der Waals surface area contributed by atoms with E-state index in [1.54, 1.807) is 9.36 Å².